The van der Waals surface area contributed by atoms with E-state index in [2.05, 4.69) is 79.1 Å². The molecular formula is C40H56ClN5O3. The summed E-state index contributed by atoms with van der Waals surface area (Å²) in [5.74, 6) is -0.216. The van der Waals surface area contributed by atoms with Crippen LogP contribution in [0.1, 0.15) is 87.1 Å². The van der Waals surface area contributed by atoms with E-state index in [1.165, 1.54) is 22.3 Å². The molecule has 3 aromatic rings. The number of pyridine rings is 1. The van der Waals surface area contributed by atoms with Crippen LogP contribution in [0.4, 0.5) is 11.5 Å². The van der Waals surface area contributed by atoms with Gasteiger partial charge in [-0.15, -0.1) is 0 Å². The summed E-state index contributed by atoms with van der Waals surface area (Å²) in [4.78, 5) is 25.2. The molecule has 0 bridgehead atoms. The fourth-order valence-electron chi connectivity index (χ4n) is 7.06. The Morgan fingerprint density at radius 2 is 1.82 bits per heavy atom. The smallest absolute Gasteiger partial charge is 0.337 e. The summed E-state index contributed by atoms with van der Waals surface area (Å²) >= 11 is 6.61. The number of hydrogen-bond acceptors (Lipinski definition) is 7. The highest BCUT2D eigenvalue weighted by molar-refractivity contribution is 6.31. The van der Waals surface area contributed by atoms with E-state index in [4.69, 9.17) is 21.3 Å². The predicted octanol–water partition coefficient (Wildman–Crippen LogP) is 8.12. The molecule has 2 aliphatic heterocycles. The lowest BCUT2D eigenvalue weighted by atomic mass is 9.81. The molecule has 3 heterocycles. The molecule has 1 fully saturated rings. The van der Waals surface area contributed by atoms with Crippen LogP contribution >= 0.6 is 11.6 Å². The van der Waals surface area contributed by atoms with Gasteiger partial charge >= 0.3 is 5.97 Å². The first-order valence-electron chi connectivity index (χ1n) is 17.7. The van der Waals surface area contributed by atoms with Crippen LogP contribution in [0, 0.1) is 19.3 Å². The van der Waals surface area contributed by atoms with Gasteiger partial charge in [-0.3, -0.25) is 4.90 Å². The van der Waals surface area contributed by atoms with Gasteiger partial charge in [0.25, 0.3) is 0 Å². The highest BCUT2D eigenvalue weighted by Gasteiger charge is 2.37. The quantitative estimate of drug-likeness (QED) is 0.209. The number of aryl methyl sites for hydroxylation is 2. The molecule has 9 heteroatoms. The zero-order valence-electron chi connectivity index (χ0n) is 31.0. The predicted molar refractivity (Wildman–Crippen MR) is 202 cm³/mol. The van der Waals surface area contributed by atoms with Gasteiger partial charge in [-0.05, 0) is 107 Å². The fourth-order valence-corrected chi connectivity index (χ4v) is 7.34. The second kappa shape index (κ2) is 15.0. The molecule has 0 amide bonds. The van der Waals surface area contributed by atoms with Crippen LogP contribution in [0.15, 0.2) is 36.4 Å². The minimum absolute atomic E-state index is 0.222. The van der Waals surface area contributed by atoms with Crippen molar-refractivity contribution in [1.82, 2.24) is 14.8 Å². The number of carboxylic acid groups (broad SMARTS) is 1. The van der Waals surface area contributed by atoms with Gasteiger partial charge in [0.05, 0.1) is 11.3 Å². The summed E-state index contributed by atoms with van der Waals surface area (Å²) in [6.45, 7) is 20.2. The van der Waals surface area contributed by atoms with Gasteiger partial charge in [0.1, 0.15) is 5.82 Å². The molecule has 2 aliphatic rings. The third kappa shape index (κ3) is 8.95. The van der Waals surface area contributed by atoms with Crippen LogP contribution in [0.5, 0.6) is 0 Å². The van der Waals surface area contributed by atoms with Crippen molar-refractivity contribution in [2.24, 2.45) is 5.41 Å². The van der Waals surface area contributed by atoms with Crippen LogP contribution in [-0.2, 0) is 29.0 Å². The number of anilines is 2. The van der Waals surface area contributed by atoms with E-state index >= 15 is 0 Å². The van der Waals surface area contributed by atoms with E-state index in [1.54, 1.807) is 0 Å². The van der Waals surface area contributed by atoms with Gasteiger partial charge in [-0.1, -0.05) is 55.8 Å². The average molecular weight is 690 g/mol. The molecule has 0 spiro atoms. The van der Waals surface area contributed by atoms with Gasteiger partial charge in [-0.25, -0.2) is 9.78 Å². The second-order valence-electron chi connectivity index (χ2n) is 16.0. The third-order valence-electron chi connectivity index (χ3n) is 9.96. The van der Waals surface area contributed by atoms with Gasteiger partial charge in [-0.2, -0.15) is 0 Å². The van der Waals surface area contributed by atoms with E-state index in [-0.39, 0.29) is 5.41 Å². The lowest BCUT2D eigenvalue weighted by Crippen LogP contribution is -2.39. The minimum Gasteiger partial charge on any atom is -0.479 e. The van der Waals surface area contributed by atoms with Crippen molar-refractivity contribution in [2.45, 2.75) is 92.5 Å². The monoisotopic (exact) mass is 689 g/mol. The number of aromatic nitrogens is 1. The number of halogens is 1. The Morgan fingerprint density at radius 3 is 2.45 bits per heavy atom. The summed E-state index contributed by atoms with van der Waals surface area (Å²) < 4.78 is 6.34. The van der Waals surface area contributed by atoms with Gasteiger partial charge in [0.2, 0.25) is 0 Å². The van der Waals surface area contributed by atoms with Crippen LogP contribution in [0.3, 0.4) is 0 Å². The van der Waals surface area contributed by atoms with E-state index in [1.807, 2.05) is 39.8 Å². The molecule has 0 unspecified atom stereocenters. The molecule has 5 rings (SSSR count). The zero-order chi connectivity index (χ0) is 35.7. The maximum Gasteiger partial charge on any atom is 0.337 e. The number of rotatable bonds is 11. The minimum atomic E-state index is -1.16. The largest absolute Gasteiger partial charge is 0.479 e. The Balaban J connectivity index is 1.63. The van der Waals surface area contributed by atoms with Gasteiger partial charge < -0.3 is 25.0 Å². The summed E-state index contributed by atoms with van der Waals surface area (Å²) in [7, 11) is 4.12. The van der Waals surface area contributed by atoms with Crippen molar-refractivity contribution in [3.05, 3.63) is 74.9 Å². The summed E-state index contributed by atoms with van der Waals surface area (Å²) in [5.41, 5.74) is 8.85. The number of likely N-dealkylation sites (N-methyl/N-ethyl adjacent to an activating group) is 1. The Bertz CT molecular complexity index is 1630. The second-order valence-corrected chi connectivity index (χ2v) is 16.4. The number of aliphatic carboxylic acids is 1. The molecule has 8 nitrogen and oxygen atoms in total. The van der Waals surface area contributed by atoms with Crippen LogP contribution < -0.4 is 10.2 Å². The van der Waals surface area contributed by atoms with Crippen molar-refractivity contribution >= 4 is 29.1 Å². The van der Waals surface area contributed by atoms with Crippen molar-refractivity contribution < 1.29 is 14.6 Å². The molecule has 49 heavy (non-hydrogen) atoms. The molecule has 2 N–H and O–H groups in total. The number of piperidine rings is 1. The Hall–Kier alpha value is -3.17. The first-order chi connectivity index (χ1) is 23.0. The highest BCUT2D eigenvalue weighted by Crippen LogP contribution is 2.47. The number of hydrogen-bond donors (Lipinski definition) is 2. The van der Waals surface area contributed by atoms with Crippen molar-refractivity contribution in [3.63, 3.8) is 0 Å². The van der Waals surface area contributed by atoms with E-state index < -0.39 is 17.7 Å². The normalized spacial score (nSPS) is 17.2. The van der Waals surface area contributed by atoms with Crippen molar-refractivity contribution in [1.29, 1.82) is 0 Å². The molecule has 0 aliphatic carbocycles. The van der Waals surface area contributed by atoms with Crippen molar-refractivity contribution in [3.8, 4) is 11.1 Å². The lowest BCUT2D eigenvalue weighted by molar-refractivity contribution is -0.160. The molecule has 1 saturated heterocycles. The molecule has 0 saturated carbocycles. The zero-order valence-corrected chi connectivity index (χ0v) is 31.8. The topological polar surface area (TPSA) is 81.2 Å². The molecule has 0 radical (unpaired) electrons. The number of carbonyl (C=O) groups is 1. The van der Waals surface area contributed by atoms with E-state index in [9.17, 15) is 9.90 Å². The maximum atomic E-state index is 13.0. The Morgan fingerprint density at radius 1 is 1.10 bits per heavy atom. The first-order valence-corrected chi connectivity index (χ1v) is 18.1. The van der Waals surface area contributed by atoms with Gasteiger partial charge in [0, 0.05) is 67.7 Å². The number of benzene rings is 2. The summed E-state index contributed by atoms with van der Waals surface area (Å²) in [6, 6.07) is 12.9. The number of fused-ring (bicyclic) bond motifs is 1. The van der Waals surface area contributed by atoms with Gasteiger partial charge in [0.15, 0.2) is 6.10 Å². The highest BCUT2D eigenvalue weighted by atomic mass is 35.5. The van der Waals surface area contributed by atoms with E-state index in [0.717, 1.165) is 86.2 Å². The van der Waals surface area contributed by atoms with Crippen molar-refractivity contribution in [2.75, 3.05) is 57.0 Å². The molecule has 1 atom stereocenters. The third-order valence-corrected chi connectivity index (χ3v) is 10.3. The lowest BCUT2D eigenvalue weighted by Gasteiger charge is -2.41. The summed E-state index contributed by atoms with van der Waals surface area (Å²) in [6.07, 6.45) is 1.78. The first kappa shape index (κ1) is 37.1. The fraction of sp³-hybridized carbons (Fsp3) is 0.550. The molecule has 1 aromatic heterocycles. The number of ether oxygens (including phenoxy) is 1. The Labute approximate surface area is 298 Å². The number of nitrogens with zero attached hydrogens (tertiary/aromatic N) is 4. The van der Waals surface area contributed by atoms with E-state index in [0.29, 0.717) is 17.8 Å². The van der Waals surface area contributed by atoms with Crippen LogP contribution in [0.25, 0.3) is 11.1 Å². The molecule has 2 aromatic carbocycles. The molecule has 266 valence electrons. The number of nitrogens with one attached hydrogen (secondary N) is 1. The average Bonchev–Trinajstić information content (AvgIpc) is 3.01. The maximum absolute atomic E-state index is 13.0. The Kier molecular flexibility index (Phi) is 11.3. The summed E-state index contributed by atoms with van der Waals surface area (Å²) in [5, 5.41) is 15.2. The standard InChI is InChI=1S/C40H56ClN5O3/c1-26-11-10-12-32(41)31(26)25-45-19-15-28-23-29(13-14-30(28)24-45)34-35(46-20-16-40(6,7)17-21-46)33(36(38(47)48)49-39(3,4)5)27(2)43-37(34)42-18-22-44(8)9/h10-14,23,36H,15-22,24-25H2,1-9H3,(H,42,43)(H,47,48)/t36-/m0/s1. The molecular weight excluding hydrogens is 634 g/mol. The number of carboxylic acids is 1. The van der Waals surface area contributed by atoms with Crippen LogP contribution in [0.2, 0.25) is 5.02 Å². The SMILES string of the molecule is Cc1cccc(Cl)c1CN1CCc2cc(-c3c(NCCN(C)C)nc(C)c([C@H](OC(C)(C)C)C(=O)O)c3N3CCC(C)(C)CC3)ccc2C1. The van der Waals surface area contributed by atoms with Crippen LogP contribution in [-0.4, -0.2) is 78.3 Å².